The lowest BCUT2D eigenvalue weighted by Gasteiger charge is -2.12. The van der Waals surface area contributed by atoms with Gasteiger partial charge in [-0.1, -0.05) is 31.5 Å². The highest BCUT2D eigenvalue weighted by atomic mass is 19.1. The third kappa shape index (κ3) is 6.10. The van der Waals surface area contributed by atoms with E-state index in [4.69, 9.17) is 4.74 Å². The van der Waals surface area contributed by atoms with Gasteiger partial charge in [-0.25, -0.2) is 4.39 Å². The summed E-state index contributed by atoms with van der Waals surface area (Å²) in [5.74, 6) is -0.270. The average Bonchev–Trinajstić information content (AvgIpc) is 2.37. The zero-order valence-electron chi connectivity index (χ0n) is 10.9. The van der Waals surface area contributed by atoms with Crippen molar-refractivity contribution in [1.82, 2.24) is 5.32 Å². The number of ether oxygens (including phenoxy) is 1. The summed E-state index contributed by atoms with van der Waals surface area (Å²) < 4.78 is 18.5. The largest absolute Gasteiger partial charge is 0.389 e. The topological polar surface area (TPSA) is 41.5 Å². The second-order valence-electron chi connectivity index (χ2n) is 4.32. The highest BCUT2D eigenvalue weighted by Gasteiger charge is 2.05. The maximum absolute atomic E-state index is 13.2. The van der Waals surface area contributed by atoms with Crippen molar-refractivity contribution in [3.63, 3.8) is 0 Å². The van der Waals surface area contributed by atoms with Gasteiger partial charge in [0.1, 0.15) is 5.82 Å². The predicted molar refractivity (Wildman–Crippen MR) is 69.8 cm³/mol. The summed E-state index contributed by atoms with van der Waals surface area (Å²) in [6, 6.07) is 6.50. The SMILES string of the molecule is CCCCNCC(O)COCc1ccccc1F. The normalized spacial score (nSPS) is 12.6. The van der Waals surface area contributed by atoms with Crippen LogP contribution in [0.25, 0.3) is 0 Å². The van der Waals surface area contributed by atoms with E-state index in [0.717, 1.165) is 19.4 Å². The summed E-state index contributed by atoms with van der Waals surface area (Å²) in [6.45, 7) is 3.94. The Kier molecular flexibility index (Phi) is 7.57. The van der Waals surface area contributed by atoms with Crippen LogP contribution in [-0.2, 0) is 11.3 Å². The fourth-order valence-electron chi connectivity index (χ4n) is 1.55. The Balaban J connectivity index is 2.12. The standard InChI is InChI=1S/C14H22FNO2/c1-2-3-8-16-9-13(17)11-18-10-12-6-4-5-7-14(12)15/h4-7,13,16-17H,2-3,8-11H2,1H3. The van der Waals surface area contributed by atoms with Crippen molar-refractivity contribution in [2.24, 2.45) is 0 Å². The summed E-state index contributed by atoms with van der Waals surface area (Å²) in [5, 5.41) is 12.8. The number of rotatable bonds is 9. The molecule has 2 N–H and O–H groups in total. The Bertz CT molecular complexity index is 333. The molecule has 1 aromatic rings. The molecule has 0 aromatic heterocycles. The van der Waals surface area contributed by atoms with Gasteiger partial charge in [0, 0.05) is 12.1 Å². The first-order valence-corrected chi connectivity index (χ1v) is 6.44. The summed E-state index contributed by atoms with van der Waals surface area (Å²) in [6.07, 6.45) is 1.68. The van der Waals surface area contributed by atoms with E-state index in [1.54, 1.807) is 18.2 Å². The molecule has 4 heteroatoms. The van der Waals surface area contributed by atoms with Gasteiger partial charge in [0.05, 0.1) is 19.3 Å². The maximum atomic E-state index is 13.2. The van der Waals surface area contributed by atoms with Crippen molar-refractivity contribution in [2.75, 3.05) is 19.7 Å². The van der Waals surface area contributed by atoms with E-state index in [1.807, 2.05) is 0 Å². The van der Waals surface area contributed by atoms with Crippen LogP contribution in [0, 0.1) is 5.82 Å². The quantitative estimate of drug-likeness (QED) is 0.664. The van der Waals surface area contributed by atoms with Gasteiger partial charge in [-0.3, -0.25) is 0 Å². The van der Waals surface area contributed by atoms with Crippen LogP contribution < -0.4 is 5.32 Å². The molecule has 18 heavy (non-hydrogen) atoms. The van der Waals surface area contributed by atoms with Gasteiger partial charge in [-0.2, -0.15) is 0 Å². The van der Waals surface area contributed by atoms with Gasteiger partial charge in [0.2, 0.25) is 0 Å². The highest BCUT2D eigenvalue weighted by Crippen LogP contribution is 2.07. The molecule has 0 amide bonds. The molecule has 0 radical (unpaired) electrons. The molecule has 0 heterocycles. The van der Waals surface area contributed by atoms with Crippen molar-refractivity contribution >= 4 is 0 Å². The Morgan fingerprint density at radius 3 is 2.89 bits per heavy atom. The minimum Gasteiger partial charge on any atom is -0.389 e. The molecule has 0 aliphatic carbocycles. The maximum Gasteiger partial charge on any atom is 0.128 e. The van der Waals surface area contributed by atoms with E-state index < -0.39 is 6.10 Å². The fourth-order valence-corrected chi connectivity index (χ4v) is 1.55. The zero-order valence-corrected chi connectivity index (χ0v) is 10.9. The van der Waals surface area contributed by atoms with E-state index in [1.165, 1.54) is 6.07 Å². The molecule has 0 aliphatic heterocycles. The molecule has 3 nitrogen and oxygen atoms in total. The Morgan fingerprint density at radius 2 is 2.17 bits per heavy atom. The van der Waals surface area contributed by atoms with Crippen molar-refractivity contribution in [2.45, 2.75) is 32.5 Å². The first kappa shape index (κ1) is 15.1. The molecular formula is C14H22FNO2. The van der Waals surface area contributed by atoms with E-state index in [-0.39, 0.29) is 19.0 Å². The predicted octanol–water partition coefficient (Wildman–Crippen LogP) is 2.09. The van der Waals surface area contributed by atoms with Crippen LogP contribution in [0.5, 0.6) is 0 Å². The minimum absolute atomic E-state index is 0.193. The fraction of sp³-hybridized carbons (Fsp3) is 0.571. The third-order valence-corrected chi connectivity index (χ3v) is 2.61. The van der Waals surface area contributed by atoms with Gasteiger partial charge in [0.25, 0.3) is 0 Å². The number of hydrogen-bond acceptors (Lipinski definition) is 3. The van der Waals surface area contributed by atoms with Crippen LogP contribution in [0.3, 0.4) is 0 Å². The second-order valence-corrected chi connectivity index (χ2v) is 4.32. The lowest BCUT2D eigenvalue weighted by Crippen LogP contribution is -2.30. The van der Waals surface area contributed by atoms with Gasteiger partial charge < -0.3 is 15.2 Å². The van der Waals surface area contributed by atoms with E-state index in [0.29, 0.717) is 12.1 Å². The average molecular weight is 255 g/mol. The molecule has 1 rings (SSSR count). The van der Waals surface area contributed by atoms with Crippen LogP contribution in [-0.4, -0.2) is 30.9 Å². The molecule has 0 spiro atoms. The summed E-state index contributed by atoms with van der Waals surface area (Å²) in [7, 11) is 0. The van der Waals surface area contributed by atoms with E-state index >= 15 is 0 Å². The molecule has 1 aromatic carbocycles. The van der Waals surface area contributed by atoms with Crippen molar-refractivity contribution in [3.05, 3.63) is 35.6 Å². The highest BCUT2D eigenvalue weighted by molar-refractivity contribution is 5.16. The van der Waals surface area contributed by atoms with E-state index in [2.05, 4.69) is 12.2 Å². The Morgan fingerprint density at radius 1 is 1.39 bits per heavy atom. The van der Waals surface area contributed by atoms with Gasteiger partial charge >= 0.3 is 0 Å². The van der Waals surface area contributed by atoms with E-state index in [9.17, 15) is 9.50 Å². The van der Waals surface area contributed by atoms with Crippen LogP contribution in [0.4, 0.5) is 4.39 Å². The Hall–Kier alpha value is -0.970. The number of benzene rings is 1. The number of aliphatic hydroxyl groups is 1. The Labute approximate surface area is 108 Å². The number of aliphatic hydroxyl groups excluding tert-OH is 1. The zero-order chi connectivity index (χ0) is 13.2. The summed E-state index contributed by atoms with van der Waals surface area (Å²) >= 11 is 0. The monoisotopic (exact) mass is 255 g/mol. The molecule has 102 valence electrons. The second kappa shape index (κ2) is 9.03. The molecule has 0 fully saturated rings. The molecular weight excluding hydrogens is 233 g/mol. The summed E-state index contributed by atoms with van der Waals surface area (Å²) in [4.78, 5) is 0. The van der Waals surface area contributed by atoms with Crippen LogP contribution in [0.1, 0.15) is 25.3 Å². The van der Waals surface area contributed by atoms with Crippen LogP contribution in [0.15, 0.2) is 24.3 Å². The van der Waals surface area contributed by atoms with Gasteiger partial charge in [-0.05, 0) is 19.0 Å². The third-order valence-electron chi connectivity index (χ3n) is 2.61. The number of unbranched alkanes of at least 4 members (excludes halogenated alkanes) is 1. The van der Waals surface area contributed by atoms with Crippen LogP contribution in [0.2, 0.25) is 0 Å². The first-order chi connectivity index (χ1) is 8.74. The number of hydrogen-bond donors (Lipinski definition) is 2. The molecule has 0 saturated heterocycles. The number of nitrogens with one attached hydrogen (secondary N) is 1. The number of halogens is 1. The molecule has 0 saturated carbocycles. The molecule has 1 atom stereocenters. The lowest BCUT2D eigenvalue weighted by atomic mass is 10.2. The smallest absolute Gasteiger partial charge is 0.128 e. The first-order valence-electron chi connectivity index (χ1n) is 6.44. The minimum atomic E-state index is -0.548. The molecule has 0 bridgehead atoms. The molecule has 1 unspecified atom stereocenters. The van der Waals surface area contributed by atoms with Crippen LogP contribution >= 0.6 is 0 Å². The van der Waals surface area contributed by atoms with Gasteiger partial charge in [0.15, 0.2) is 0 Å². The van der Waals surface area contributed by atoms with Crippen molar-refractivity contribution in [3.8, 4) is 0 Å². The molecule has 0 aliphatic rings. The summed E-state index contributed by atoms with van der Waals surface area (Å²) in [5.41, 5.74) is 0.517. The lowest BCUT2D eigenvalue weighted by molar-refractivity contribution is 0.0279. The van der Waals surface area contributed by atoms with Gasteiger partial charge in [-0.15, -0.1) is 0 Å². The van der Waals surface area contributed by atoms with Crippen molar-refractivity contribution in [1.29, 1.82) is 0 Å². The van der Waals surface area contributed by atoms with Crippen molar-refractivity contribution < 1.29 is 14.2 Å².